The van der Waals surface area contributed by atoms with Crippen molar-refractivity contribution in [3.63, 3.8) is 0 Å². The minimum Gasteiger partial charge on any atom is -0.379 e. The molecule has 1 fully saturated rings. The lowest BCUT2D eigenvalue weighted by Crippen LogP contribution is -2.40. The summed E-state index contributed by atoms with van der Waals surface area (Å²) < 4.78 is 31.6. The van der Waals surface area contributed by atoms with Crippen LogP contribution >= 0.6 is 0 Å². The Bertz CT molecular complexity index is 622. The number of pyridine rings is 1. The Balaban J connectivity index is 1.69. The molecule has 0 spiro atoms. The zero-order chi connectivity index (χ0) is 15.4. The third-order valence-electron chi connectivity index (χ3n) is 3.97. The fourth-order valence-corrected chi connectivity index (χ4v) is 4.04. The van der Waals surface area contributed by atoms with Crippen LogP contribution in [0.5, 0.6) is 0 Å². The maximum Gasteiger partial charge on any atom is 0.244 e. The Labute approximate surface area is 131 Å². The minimum absolute atomic E-state index is 0.239. The molecule has 1 aliphatic heterocycles. The van der Waals surface area contributed by atoms with E-state index in [2.05, 4.69) is 22.5 Å². The van der Waals surface area contributed by atoms with Crippen LogP contribution < -0.4 is 5.32 Å². The van der Waals surface area contributed by atoms with Gasteiger partial charge in [0.05, 0.1) is 13.2 Å². The lowest BCUT2D eigenvalue weighted by Gasteiger charge is -2.26. The first-order chi connectivity index (χ1) is 10.7. The SMILES string of the molecule is O=S(=O)(c1ccc(NC2CC=CCC2)nc1)N1CCOCC1. The van der Waals surface area contributed by atoms with E-state index in [9.17, 15) is 8.42 Å². The molecule has 120 valence electrons. The molecule has 0 amide bonds. The second kappa shape index (κ2) is 6.76. The van der Waals surface area contributed by atoms with Crippen molar-refractivity contribution in [1.29, 1.82) is 0 Å². The summed E-state index contributed by atoms with van der Waals surface area (Å²) in [4.78, 5) is 4.50. The van der Waals surface area contributed by atoms with Gasteiger partial charge in [0.25, 0.3) is 0 Å². The summed E-state index contributed by atoms with van der Waals surface area (Å²) in [5.41, 5.74) is 0. The standard InChI is InChI=1S/C15H21N3O3S/c19-22(20,18-8-10-21-11-9-18)14-6-7-15(16-12-14)17-13-4-2-1-3-5-13/h1-2,6-7,12-13H,3-5,8-11H2,(H,16,17). The molecule has 3 rings (SSSR count). The molecule has 1 aromatic rings. The minimum atomic E-state index is -3.46. The van der Waals surface area contributed by atoms with Crippen LogP contribution in [0.15, 0.2) is 35.4 Å². The molecular weight excluding hydrogens is 302 g/mol. The number of hydrogen-bond acceptors (Lipinski definition) is 5. The Morgan fingerprint density at radius 1 is 1.23 bits per heavy atom. The average Bonchev–Trinajstić information content (AvgIpc) is 2.57. The van der Waals surface area contributed by atoms with Gasteiger partial charge in [-0.05, 0) is 31.4 Å². The predicted molar refractivity (Wildman–Crippen MR) is 84.2 cm³/mol. The lowest BCUT2D eigenvalue weighted by molar-refractivity contribution is 0.0730. The van der Waals surface area contributed by atoms with Gasteiger partial charge >= 0.3 is 0 Å². The summed E-state index contributed by atoms with van der Waals surface area (Å²) >= 11 is 0. The van der Waals surface area contributed by atoms with E-state index in [1.807, 2.05) is 0 Å². The Morgan fingerprint density at radius 3 is 2.68 bits per heavy atom. The van der Waals surface area contributed by atoms with Crippen LogP contribution in [-0.2, 0) is 14.8 Å². The van der Waals surface area contributed by atoms with E-state index in [1.54, 1.807) is 12.1 Å². The van der Waals surface area contributed by atoms with Gasteiger partial charge in [0.15, 0.2) is 0 Å². The largest absolute Gasteiger partial charge is 0.379 e. The summed E-state index contributed by atoms with van der Waals surface area (Å²) in [6.07, 6.45) is 8.91. The van der Waals surface area contributed by atoms with Crippen molar-refractivity contribution >= 4 is 15.8 Å². The van der Waals surface area contributed by atoms with Gasteiger partial charge in [-0.1, -0.05) is 12.2 Å². The van der Waals surface area contributed by atoms with Gasteiger partial charge in [-0.3, -0.25) is 0 Å². The number of ether oxygens (including phenoxy) is 1. The highest BCUT2D eigenvalue weighted by molar-refractivity contribution is 7.89. The summed E-state index contributed by atoms with van der Waals surface area (Å²) in [6.45, 7) is 1.69. The van der Waals surface area contributed by atoms with Gasteiger partial charge in [0, 0.05) is 25.3 Å². The molecule has 1 N–H and O–H groups in total. The van der Waals surface area contributed by atoms with Gasteiger partial charge in [-0.2, -0.15) is 4.31 Å². The third-order valence-corrected chi connectivity index (χ3v) is 5.85. The molecule has 7 heteroatoms. The van der Waals surface area contributed by atoms with E-state index in [1.165, 1.54) is 10.5 Å². The quantitative estimate of drug-likeness (QED) is 0.853. The number of aromatic nitrogens is 1. The molecule has 0 radical (unpaired) electrons. The van der Waals surface area contributed by atoms with Gasteiger partial charge in [-0.15, -0.1) is 0 Å². The van der Waals surface area contributed by atoms with Crippen molar-refractivity contribution in [2.24, 2.45) is 0 Å². The lowest BCUT2D eigenvalue weighted by atomic mass is 10.0. The molecule has 1 aromatic heterocycles. The summed E-state index contributed by atoms with van der Waals surface area (Å²) in [5.74, 6) is 0.723. The highest BCUT2D eigenvalue weighted by atomic mass is 32.2. The number of allylic oxidation sites excluding steroid dienone is 1. The first-order valence-electron chi connectivity index (χ1n) is 7.62. The number of morpholine rings is 1. The molecule has 6 nitrogen and oxygen atoms in total. The smallest absolute Gasteiger partial charge is 0.244 e. The number of sulfonamides is 1. The highest BCUT2D eigenvalue weighted by Crippen LogP contribution is 2.19. The molecule has 1 aliphatic carbocycles. The molecular formula is C15H21N3O3S. The normalized spacial score (nSPS) is 23.4. The Morgan fingerprint density at radius 2 is 2.05 bits per heavy atom. The van der Waals surface area contributed by atoms with Crippen LogP contribution in [-0.4, -0.2) is 50.1 Å². The Hall–Kier alpha value is -1.44. The van der Waals surface area contributed by atoms with Crippen molar-refractivity contribution in [2.75, 3.05) is 31.6 Å². The van der Waals surface area contributed by atoms with E-state index >= 15 is 0 Å². The van der Waals surface area contributed by atoms with Crippen molar-refractivity contribution in [3.8, 4) is 0 Å². The molecule has 0 bridgehead atoms. The zero-order valence-corrected chi connectivity index (χ0v) is 13.3. The van der Waals surface area contributed by atoms with Gasteiger partial charge in [0.1, 0.15) is 10.7 Å². The zero-order valence-electron chi connectivity index (χ0n) is 12.4. The topological polar surface area (TPSA) is 71.5 Å². The molecule has 1 saturated heterocycles. The number of nitrogens with one attached hydrogen (secondary N) is 1. The van der Waals surface area contributed by atoms with Crippen LogP contribution in [0, 0.1) is 0 Å². The average molecular weight is 323 g/mol. The first-order valence-corrected chi connectivity index (χ1v) is 9.06. The third kappa shape index (κ3) is 3.48. The molecule has 2 aliphatic rings. The number of anilines is 1. The van der Waals surface area contributed by atoms with Crippen LogP contribution in [0.1, 0.15) is 19.3 Å². The highest BCUT2D eigenvalue weighted by Gasteiger charge is 2.26. The van der Waals surface area contributed by atoms with Gasteiger partial charge < -0.3 is 10.1 Å². The summed E-state index contributed by atoms with van der Waals surface area (Å²) in [6, 6.07) is 3.74. The molecule has 0 aromatic carbocycles. The van der Waals surface area contributed by atoms with Crippen molar-refractivity contribution in [2.45, 2.75) is 30.2 Å². The van der Waals surface area contributed by atoms with Gasteiger partial charge in [-0.25, -0.2) is 13.4 Å². The van der Waals surface area contributed by atoms with Crippen molar-refractivity contribution in [1.82, 2.24) is 9.29 Å². The second-order valence-electron chi connectivity index (χ2n) is 5.52. The van der Waals surface area contributed by atoms with E-state index in [0.717, 1.165) is 25.1 Å². The van der Waals surface area contributed by atoms with Gasteiger partial charge in [0.2, 0.25) is 10.0 Å². The number of nitrogens with zero attached hydrogens (tertiary/aromatic N) is 2. The van der Waals surface area contributed by atoms with Crippen LogP contribution in [0.4, 0.5) is 5.82 Å². The van der Waals surface area contributed by atoms with Crippen LogP contribution in [0.25, 0.3) is 0 Å². The van der Waals surface area contributed by atoms with Crippen molar-refractivity contribution in [3.05, 3.63) is 30.5 Å². The fraction of sp³-hybridized carbons (Fsp3) is 0.533. The molecule has 0 saturated carbocycles. The maximum atomic E-state index is 12.5. The first kappa shape index (κ1) is 15.5. The van der Waals surface area contributed by atoms with Crippen molar-refractivity contribution < 1.29 is 13.2 Å². The molecule has 2 heterocycles. The van der Waals surface area contributed by atoms with Crippen LogP contribution in [0.3, 0.4) is 0 Å². The molecule has 1 atom stereocenters. The van der Waals surface area contributed by atoms with Crippen LogP contribution in [0.2, 0.25) is 0 Å². The number of hydrogen-bond donors (Lipinski definition) is 1. The predicted octanol–water partition coefficient (Wildman–Crippen LogP) is 1.62. The summed E-state index contributed by atoms with van der Waals surface area (Å²) in [5, 5.41) is 3.35. The molecule has 1 unspecified atom stereocenters. The molecule has 22 heavy (non-hydrogen) atoms. The second-order valence-corrected chi connectivity index (χ2v) is 7.46. The fourth-order valence-electron chi connectivity index (χ4n) is 2.69. The van der Waals surface area contributed by atoms with E-state index in [-0.39, 0.29) is 4.90 Å². The summed E-state index contributed by atoms with van der Waals surface area (Å²) in [7, 11) is -3.46. The van der Waals surface area contributed by atoms with E-state index in [4.69, 9.17) is 4.74 Å². The Kier molecular flexibility index (Phi) is 4.75. The van der Waals surface area contributed by atoms with E-state index in [0.29, 0.717) is 32.3 Å². The number of rotatable bonds is 4. The monoisotopic (exact) mass is 323 g/mol. The van der Waals surface area contributed by atoms with E-state index < -0.39 is 10.0 Å². The maximum absolute atomic E-state index is 12.5.